The van der Waals surface area contributed by atoms with E-state index in [4.69, 9.17) is 4.74 Å². The Morgan fingerprint density at radius 1 is 1.02 bits per heavy atom. The number of piperidine rings is 1. The van der Waals surface area contributed by atoms with E-state index in [0.29, 0.717) is 30.8 Å². The second kappa shape index (κ2) is 13.7. The monoisotopic (exact) mass is 577 g/mol. The van der Waals surface area contributed by atoms with E-state index in [1.807, 2.05) is 37.3 Å². The lowest BCUT2D eigenvalue weighted by atomic mass is 10.1. The second-order valence-corrected chi connectivity index (χ2v) is 12.2. The Kier molecular flexibility index (Phi) is 10.0. The van der Waals surface area contributed by atoms with E-state index < -0.39 is 14.9 Å². The molecule has 1 fully saturated rings. The first-order chi connectivity index (χ1) is 19.6. The molecular weight excluding hydrogens is 542 g/mol. The molecular formula is C31H35N3O6S. The molecule has 0 bridgehead atoms. The zero-order valence-corrected chi connectivity index (χ0v) is 24.1. The number of nitrogens with zero attached hydrogens (tertiary/aromatic N) is 3. The summed E-state index contributed by atoms with van der Waals surface area (Å²) in [5, 5.41) is 10.9. The van der Waals surface area contributed by atoms with E-state index in [-0.39, 0.29) is 22.4 Å². The van der Waals surface area contributed by atoms with Gasteiger partial charge < -0.3 is 9.64 Å². The molecule has 0 N–H and O–H groups in total. The molecule has 0 spiro atoms. The van der Waals surface area contributed by atoms with Crippen molar-refractivity contribution >= 4 is 27.6 Å². The van der Waals surface area contributed by atoms with Gasteiger partial charge in [-0.2, -0.15) is 4.31 Å². The number of likely N-dealkylation sites (tertiary alicyclic amines) is 1. The van der Waals surface area contributed by atoms with Crippen LogP contribution in [0.1, 0.15) is 40.7 Å². The normalized spacial score (nSPS) is 14.9. The van der Waals surface area contributed by atoms with E-state index >= 15 is 0 Å². The first kappa shape index (κ1) is 30.1. The quantitative estimate of drug-likeness (QED) is 0.0938. The third-order valence-electron chi connectivity index (χ3n) is 7.33. The number of benzene rings is 3. The largest absolute Gasteiger partial charge is 0.494 e. The van der Waals surface area contributed by atoms with E-state index in [1.165, 1.54) is 34.1 Å². The Morgan fingerprint density at radius 2 is 1.66 bits per heavy atom. The maximum absolute atomic E-state index is 13.0. The van der Waals surface area contributed by atoms with E-state index in [0.717, 1.165) is 31.6 Å². The topological polar surface area (TPSA) is 110 Å². The molecule has 1 aliphatic heterocycles. The average molecular weight is 578 g/mol. The van der Waals surface area contributed by atoms with Crippen molar-refractivity contribution in [3.05, 3.63) is 106 Å². The number of ether oxygens (including phenoxy) is 1. The Labute approximate surface area is 241 Å². The fourth-order valence-electron chi connectivity index (χ4n) is 4.75. The highest BCUT2D eigenvalue weighted by molar-refractivity contribution is 7.89. The average Bonchev–Trinajstić information content (AvgIpc) is 2.99. The maximum atomic E-state index is 13.0. The number of ketones is 1. The molecule has 216 valence electrons. The molecule has 0 radical (unpaired) electrons. The number of carbonyl (C=O) groups is 1. The fraction of sp³-hybridized carbons (Fsp3) is 0.323. The zero-order valence-electron chi connectivity index (χ0n) is 23.3. The molecule has 0 saturated carbocycles. The van der Waals surface area contributed by atoms with Gasteiger partial charge in [0.15, 0.2) is 5.78 Å². The minimum absolute atomic E-state index is 0.0567. The molecule has 0 unspecified atom stereocenters. The maximum Gasteiger partial charge on any atom is 0.269 e. The van der Waals surface area contributed by atoms with Gasteiger partial charge in [-0.1, -0.05) is 35.9 Å². The number of non-ortho nitro benzene ring substituents is 1. The van der Waals surface area contributed by atoms with Crippen LogP contribution in [0, 0.1) is 17.0 Å². The van der Waals surface area contributed by atoms with Crippen molar-refractivity contribution in [1.82, 2.24) is 9.21 Å². The number of nitro groups is 1. The molecule has 0 aromatic heterocycles. The second-order valence-electron chi connectivity index (χ2n) is 10.2. The minimum atomic E-state index is -3.73. The highest BCUT2D eigenvalue weighted by atomic mass is 32.2. The number of hydrogen-bond acceptors (Lipinski definition) is 7. The van der Waals surface area contributed by atoms with Gasteiger partial charge >= 0.3 is 0 Å². The van der Waals surface area contributed by atoms with Gasteiger partial charge in [0, 0.05) is 37.3 Å². The van der Waals surface area contributed by atoms with Gasteiger partial charge in [0.25, 0.3) is 5.69 Å². The molecule has 3 aromatic rings. The van der Waals surface area contributed by atoms with Crippen molar-refractivity contribution in [2.24, 2.45) is 0 Å². The summed E-state index contributed by atoms with van der Waals surface area (Å²) >= 11 is 0. The van der Waals surface area contributed by atoms with Crippen molar-refractivity contribution in [2.45, 2.75) is 37.1 Å². The van der Waals surface area contributed by atoms with Crippen molar-refractivity contribution in [2.75, 3.05) is 33.3 Å². The molecule has 10 heteroatoms. The van der Waals surface area contributed by atoms with E-state index in [1.54, 1.807) is 37.4 Å². The first-order valence-corrected chi connectivity index (χ1v) is 15.0. The Morgan fingerprint density at radius 3 is 2.27 bits per heavy atom. The summed E-state index contributed by atoms with van der Waals surface area (Å²) in [5.41, 5.74) is 2.61. The summed E-state index contributed by atoms with van der Waals surface area (Å²) in [7, 11) is -2.16. The predicted octanol–water partition coefficient (Wildman–Crippen LogP) is 5.35. The number of aryl methyl sites for hydroxylation is 1. The lowest BCUT2D eigenvalue weighted by Crippen LogP contribution is -2.45. The number of allylic oxidation sites excluding steroid dienone is 1. The lowest BCUT2D eigenvalue weighted by molar-refractivity contribution is -0.384. The molecule has 1 heterocycles. The highest BCUT2D eigenvalue weighted by Crippen LogP contribution is 2.24. The van der Waals surface area contributed by atoms with E-state index in [9.17, 15) is 23.3 Å². The standard InChI is InChI=1S/C31H35N3O6S/c1-24-4-6-25(7-5-24)8-17-31(35)26-9-13-29(14-10-26)40-23-3-20-33-21-18-27(19-22-33)32(2)41(38,39)30-15-11-28(12-16-30)34(36)37/h4-17,27H,3,18-23H2,1-2H3/b17-8+. The van der Waals surface area contributed by atoms with Crippen LogP contribution in [0.15, 0.2) is 83.8 Å². The molecule has 3 aromatic carbocycles. The smallest absolute Gasteiger partial charge is 0.269 e. The van der Waals surface area contributed by atoms with Crippen molar-refractivity contribution in [1.29, 1.82) is 0 Å². The zero-order chi connectivity index (χ0) is 29.4. The molecule has 1 saturated heterocycles. The van der Waals surface area contributed by atoms with Gasteiger partial charge in [-0.15, -0.1) is 0 Å². The van der Waals surface area contributed by atoms with Gasteiger partial charge in [0.05, 0.1) is 16.4 Å². The van der Waals surface area contributed by atoms with Gasteiger partial charge in [0.1, 0.15) is 5.75 Å². The molecule has 1 aliphatic rings. The van der Waals surface area contributed by atoms with Gasteiger partial charge in [-0.3, -0.25) is 14.9 Å². The summed E-state index contributed by atoms with van der Waals surface area (Å²) in [4.78, 5) is 25.1. The molecule has 41 heavy (non-hydrogen) atoms. The SMILES string of the molecule is Cc1ccc(/C=C/C(=O)c2ccc(OCCCN3CCC(N(C)S(=O)(=O)c4ccc([N+](=O)[O-])cc4)CC3)cc2)cc1. The van der Waals surface area contributed by atoms with Crippen LogP contribution in [0.2, 0.25) is 0 Å². The number of sulfonamides is 1. The van der Waals surface area contributed by atoms with Gasteiger partial charge in [-0.05, 0) is 87.3 Å². The lowest BCUT2D eigenvalue weighted by Gasteiger charge is -2.36. The fourth-order valence-corrected chi connectivity index (χ4v) is 6.16. The van der Waals surface area contributed by atoms with Crippen LogP contribution in [0.25, 0.3) is 6.08 Å². The summed E-state index contributed by atoms with van der Waals surface area (Å²) in [6.07, 6.45) is 5.62. The molecule has 0 aliphatic carbocycles. The molecule has 0 amide bonds. The Balaban J connectivity index is 1.17. The van der Waals surface area contributed by atoms with Crippen LogP contribution in [0.5, 0.6) is 5.75 Å². The molecule has 9 nitrogen and oxygen atoms in total. The van der Waals surface area contributed by atoms with Crippen molar-refractivity contribution in [3.63, 3.8) is 0 Å². The van der Waals surface area contributed by atoms with Crippen molar-refractivity contribution < 1.29 is 22.9 Å². The van der Waals surface area contributed by atoms with Crippen LogP contribution in [0.4, 0.5) is 5.69 Å². The molecule has 0 atom stereocenters. The summed E-state index contributed by atoms with van der Waals surface area (Å²) in [6, 6.07) is 20.0. The minimum Gasteiger partial charge on any atom is -0.494 e. The number of rotatable bonds is 12. The number of nitro benzene ring substituents is 1. The third-order valence-corrected chi connectivity index (χ3v) is 9.25. The van der Waals surface area contributed by atoms with Gasteiger partial charge in [-0.25, -0.2) is 8.42 Å². The number of carbonyl (C=O) groups excluding carboxylic acids is 1. The first-order valence-electron chi connectivity index (χ1n) is 13.6. The van der Waals surface area contributed by atoms with Crippen molar-refractivity contribution in [3.8, 4) is 5.75 Å². The summed E-state index contributed by atoms with van der Waals surface area (Å²) < 4.78 is 33.3. The Bertz CT molecular complexity index is 1460. The van der Waals surface area contributed by atoms with Crippen LogP contribution < -0.4 is 4.74 Å². The highest BCUT2D eigenvalue weighted by Gasteiger charge is 2.31. The number of hydrogen-bond donors (Lipinski definition) is 0. The van der Waals surface area contributed by atoms with Crippen LogP contribution >= 0.6 is 0 Å². The van der Waals surface area contributed by atoms with Crippen LogP contribution in [0.3, 0.4) is 0 Å². The summed E-state index contributed by atoms with van der Waals surface area (Å²) in [5.74, 6) is 0.646. The van der Waals surface area contributed by atoms with Crippen LogP contribution in [-0.4, -0.2) is 67.7 Å². The predicted molar refractivity (Wildman–Crippen MR) is 159 cm³/mol. The third kappa shape index (κ3) is 8.09. The van der Waals surface area contributed by atoms with Gasteiger partial charge in [0.2, 0.25) is 10.0 Å². The van der Waals surface area contributed by atoms with Crippen LogP contribution in [-0.2, 0) is 10.0 Å². The molecule has 4 rings (SSSR count). The Hall–Kier alpha value is -3.86. The van der Waals surface area contributed by atoms with E-state index in [2.05, 4.69) is 4.90 Å². The summed E-state index contributed by atoms with van der Waals surface area (Å²) in [6.45, 7) is 4.95.